The van der Waals surface area contributed by atoms with Gasteiger partial charge in [-0.1, -0.05) is 0 Å². The zero-order valence-corrected chi connectivity index (χ0v) is 10.0. The van der Waals surface area contributed by atoms with E-state index in [1.165, 1.54) is 30.0 Å². The van der Waals surface area contributed by atoms with Crippen LogP contribution in [0.4, 0.5) is 5.69 Å². The number of benzene rings is 1. The van der Waals surface area contributed by atoms with Crippen molar-refractivity contribution in [1.29, 1.82) is 0 Å². The molecular formula is C10H12N2O4S. The average Bonchev–Trinajstić information content (AvgIpc) is 2.26. The molecule has 2 rings (SSSR count). The maximum atomic E-state index is 11.4. The minimum absolute atomic E-state index is 0.0343. The van der Waals surface area contributed by atoms with E-state index < -0.39 is 10.0 Å². The van der Waals surface area contributed by atoms with Gasteiger partial charge >= 0.3 is 0 Å². The molecule has 0 aromatic heterocycles. The number of sulfonamides is 1. The molecule has 1 aromatic rings. The van der Waals surface area contributed by atoms with Crippen LogP contribution >= 0.6 is 0 Å². The molecule has 0 unspecified atom stereocenters. The summed E-state index contributed by atoms with van der Waals surface area (Å²) in [4.78, 5) is 12.8. The molecule has 2 N–H and O–H groups in total. The van der Waals surface area contributed by atoms with Crippen LogP contribution in [-0.2, 0) is 14.8 Å². The molecule has 92 valence electrons. The van der Waals surface area contributed by atoms with Crippen LogP contribution in [0.2, 0.25) is 0 Å². The number of nitrogens with zero attached hydrogens (tertiary/aromatic N) is 1. The summed E-state index contributed by atoms with van der Waals surface area (Å²) in [7, 11) is -3.78. The summed E-state index contributed by atoms with van der Waals surface area (Å²) in [6.07, 6.45) is 0. The number of hydrogen-bond donors (Lipinski definition) is 1. The van der Waals surface area contributed by atoms with Gasteiger partial charge in [0.25, 0.3) is 0 Å². The summed E-state index contributed by atoms with van der Waals surface area (Å²) in [5, 5.41) is 5.04. The maximum absolute atomic E-state index is 11.4. The number of carbonyl (C=O) groups is 1. The van der Waals surface area contributed by atoms with Gasteiger partial charge in [-0.25, -0.2) is 13.6 Å². The molecule has 0 fully saturated rings. The van der Waals surface area contributed by atoms with Crippen molar-refractivity contribution in [2.45, 2.75) is 11.8 Å². The van der Waals surface area contributed by atoms with E-state index in [-0.39, 0.29) is 10.8 Å². The van der Waals surface area contributed by atoms with Gasteiger partial charge < -0.3 is 9.64 Å². The van der Waals surface area contributed by atoms with Crippen molar-refractivity contribution in [1.82, 2.24) is 0 Å². The Labute approximate surface area is 99.0 Å². The fourth-order valence-corrected chi connectivity index (χ4v) is 2.24. The Morgan fingerprint density at radius 3 is 2.76 bits per heavy atom. The first-order valence-electron chi connectivity index (χ1n) is 4.97. The molecule has 6 nitrogen and oxygen atoms in total. The van der Waals surface area contributed by atoms with Gasteiger partial charge in [-0.2, -0.15) is 0 Å². The predicted molar refractivity (Wildman–Crippen MR) is 61.3 cm³/mol. The largest absolute Gasteiger partial charge is 0.490 e. The lowest BCUT2D eigenvalue weighted by molar-refractivity contribution is -0.116. The molecule has 1 aliphatic rings. The maximum Gasteiger partial charge on any atom is 0.238 e. The van der Waals surface area contributed by atoms with Gasteiger partial charge in [0, 0.05) is 6.92 Å². The molecule has 1 aromatic carbocycles. The summed E-state index contributed by atoms with van der Waals surface area (Å²) in [6.45, 7) is 2.20. The fourth-order valence-electron chi connectivity index (χ4n) is 1.70. The van der Waals surface area contributed by atoms with Gasteiger partial charge in [0.1, 0.15) is 12.4 Å². The van der Waals surface area contributed by atoms with E-state index in [9.17, 15) is 13.2 Å². The van der Waals surface area contributed by atoms with E-state index in [0.29, 0.717) is 24.6 Å². The standard InChI is InChI=1S/C10H12N2O4S/c1-7(13)12-4-5-16-10-3-2-8(6-9(10)12)17(11,14)15/h2-3,6H,4-5H2,1H3,(H2,11,14,15). The van der Waals surface area contributed by atoms with Crippen LogP contribution in [0, 0.1) is 0 Å². The van der Waals surface area contributed by atoms with Crippen LogP contribution in [0.15, 0.2) is 23.1 Å². The highest BCUT2D eigenvalue weighted by atomic mass is 32.2. The molecule has 1 aliphatic heterocycles. The number of fused-ring (bicyclic) bond motifs is 1. The first-order valence-corrected chi connectivity index (χ1v) is 6.52. The smallest absolute Gasteiger partial charge is 0.238 e. The minimum Gasteiger partial charge on any atom is -0.490 e. The summed E-state index contributed by atoms with van der Waals surface area (Å²) in [5.41, 5.74) is 0.440. The molecule has 17 heavy (non-hydrogen) atoms. The van der Waals surface area contributed by atoms with Crippen molar-refractivity contribution in [2.24, 2.45) is 5.14 Å². The molecule has 0 bridgehead atoms. The molecule has 1 heterocycles. The number of amides is 1. The van der Waals surface area contributed by atoms with Gasteiger partial charge in [-0.05, 0) is 18.2 Å². The van der Waals surface area contributed by atoms with Gasteiger partial charge in [0.2, 0.25) is 15.9 Å². The first kappa shape index (κ1) is 11.9. The highest BCUT2D eigenvalue weighted by molar-refractivity contribution is 7.89. The summed E-state index contributed by atoms with van der Waals surface area (Å²) in [6, 6.07) is 4.22. The topological polar surface area (TPSA) is 89.7 Å². The van der Waals surface area contributed by atoms with E-state index in [2.05, 4.69) is 0 Å². The van der Waals surface area contributed by atoms with Crippen molar-refractivity contribution in [2.75, 3.05) is 18.1 Å². The Balaban J connectivity index is 2.55. The Morgan fingerprint density at radius 1 is 1.47 bits per heavy atom. The van der Waals surface area contributed by atoms with Crippen LogP contribution in [0.1, 0.15) is 6.92 Å². The zero-order chi connectivity index (χ0) is 12.6. The van der Waals surface area contributed by atoms with Crippen molar-refractivity contribution >= 4 is 21.6 Å². The zero-order valence-electron chi connectivity index (χ0n) is 9.21. The van der Waals surface area contributed by atoms with Crippen LogP contribution in [0.25, 0.3) is 0 Å². The summed E-state index contributed by atoms with van der Waals surface area (Å²) >= 11 is 0. The molecule has 0 saturated carbocycles. The van der Waals surface area contributed by atoms with Gasteiger partial charge in [0.15, 0.2) is 0 Å². The molecule has 0 spiro atoms. The van der Waals surface area contributed by atoms with Gasteiger partial charge in [-0.15, -0.1) is 0 Å². The third-order valence-electron chi connectivity index (χ3n) is 2.50. The minimum atomic E-state index is -3.78. The van der Waals surface area contributed by atoms with E-state index in [0.717, 1.165) is 0 Å². The van der Waals surface area contributed by atoms with E-state index in [1.54, 1.807) is 0 Å². The third kappa shape index (κ3) is 2.25. The van der Waals surface area contributed by atoms with Crippen molar-refractivity contribution < 1.29 is 17.9 Å². The lowest BCUT2D eigenvalue weighted by Gasteiger charge is -2.28. The lowest BCUT2D eigenvalue weighted by atomic mass is 10.2. The number of ether oxygens (including phenoxy) is 1. The Morgan fingerprint density at radius 2 is 2.18 bits per heavy atom. The van der Waals surface area contributed by atoms with Crippen molar-refractivity contribution in [3.8, 4) is 5.75 Å². The van der Waals surface area contributed by atoms with Crippen LogP contribution < -0.4 is 14.8 Å². The van der Waals surface area contributed by atoms with E-state index in [1.807, 2.05) is 0 Å². The normalized spacial score (nSPS) is 15.1. The molecule has 0 radical (unpaired) electrons. The Hall–Kier alpha value is -1.60. The first-order chi connectivity index (χ1) is 7.89. The fraction of sp³-hybridized carbons (Fsp3) is 0.300. The summed E-state index contributed by atoms with van der Waals surface area (Å²) < 4.78 is 27.8. The van der Waals surface area contributed by atoms with Crippen LogP contribution in [0.3, 0.4) is 0 Å². The van der Waals surface area contributed by atoms with Crippen molar-refractivity contribution in [3.05, 3.63) is 18.2 Å². The quantitative estimate of drug-likeness (QED) is 0.770. The lowest BCUT2D eigenvalue weighted by Crippen LogP contribution is -2.36. The second-order valence-electron chi connectivity index (χ2n) is 3.69. The Bertz CT molecular complexity index is 568. The number of nitrogens with two attached hydrogens (primary N) is 1. The van der Waals surface area contributed by atoms with Crippen LogP contribution in [-0.4, -0.2) is 27.5 Å². The molecule has 0 aliphatic carbocycles. The second-order valence-corrected chi connectivity index (χ2v) is 5.26. The number of rotatable bonds is 1. The summed E-state index contributed by atoms with van der Waals surface area (Å²) in [5.74, 6) is 0.319. The predicted octanol–water partition coefficient (Wildman–Crippen LogP) is 0.0793. The Kier molecular flexibility index (Phi) is 2.80. The highest BCUT2D eigenvalue weighted by Crippen LogP contribution is 2.33. The number of carbonyl (C=O) groups excluding carboxylic acids is 1. The SMILES string of the molecule is CC(=O)N1CCOc2ccc(S(N)(=O)=O)cc21. The van der Waals surface area contributed by atoms with Crippen LogP contribution in [0.5, 0.6) is 5.75 Å². The molecule has 7 heteroatoms. The van der Waals surface area contributed by atoms with Crippen molar-refractivity contribution in [3.63, 3.8) is 0 Å². The third-order valence-corrected chi connectivity index (χ3v) is 3.41. The van der Waals surface area contributed by atoms with Gasteiger partial charge in [0.05, 0.1) is 17.1 Å². The molecule has 0 saturated heterocycles. The monoisotopic (exact) mass is 256 g/mol. The average molecular weight is 256 g/mol. The highest BCUT2D eigenvalue weighted by Gasteiger charge is 2.23. The number of primary sulfonamides is 1. The molecule has 1 amide bonds. The van der Waals surface area contributed by atoms with Gasteiger partial charge in [-0.3, -0.25) is 4.79 Å². The number of anilines is 1. The molecular weight excluding hydrogens is 244 g/mol. The number of hydrogen-bond acceptors (Lipinski definition) is 4. The second kappa shape index (κ2) is 4.01. The molecule has 0 atom stereocenters. The van der Waals surface area contributed by atoms with E-state index >= 15 is 0 Å². The van der Waals surface area contributed by atoms with E-state index in [4.69, 9.17) is 9.88 Å².